The molecule has 0 N–H and O–H groups in total. The minimum Gasteiger partial charge on any atom is -0.414 e. The molecule has 2 aromatic heterocycles. The largest absolute Gasteiger partial charge is 0.414 e. The zero-order valence-corrected chi connectivity index (χ0v) is 15.8. The van der Waals surface area contributed by atoms with Crippen molar-refractivity contribution < 1.29 is 4.79 Å². The van der Waals surface area contributed by atoms with Gasteiger partial charge in [0.1, 0.15) is 5.00 Å². The third-order valence-electron chi connectivity index (χ3n) is 3.68. The third-order valence-corrected chi connectivity index (χ3v) is 5.45. The van der Waals surface area contributed by atoms with Gasteiger partial charge >= 0.3 is 16.5 Å². The molecule has 0 aliphatic rings. The van der Waals surface area contributed by atoms with Gasteiger partial charge in [0.25, 0.3) is 0 Å². The second-order valence-corrected chi connectivity index (χ2v) is 7.10. The molecule has 0 aliphatic carbocycles. The molecule has 0 atom stereocenters. The van der Waals surface area contributed by atoms with Crippen molar-refractivity contribution in [2.24, 2.45) is 0 Å². The van der Waals surface area contributed by atoms with Gasteiger partial charge in [-0.3, -0.25) is 4.79 Å². The fourth-order valence-electron chi connectivity index (χ4n) is 2.49. The van der Waals surface area contributed by atoms with Crippen LogP contribution >= 0.6 is 11.3 Å². The van der Waals surface area contributed by atoms with Crippen LogP contribution in [0.2, 0.25) is 0 Å². The monoisotopic (exact) mass is 352 g/mol. The summed E-state index contributed by atoms with van der Waals surface area (Å²) in [5.74, 6) is 0.621. The van der Waals surface area contributed by atoms with Gasteiger partial charge in [0.2, 0.25) is 0 Å². The van der Waals surface area contributed by atoms with Crippen molar-refractivity contribution in [2.75, 3.05) is 3.88 Å². The number of nitrogens with zero attached hydrogens (tertiary/aromatic N) is 4. The van der Waals surface area contributed by atoms with Crippen molar-refractivity contribution in [1.82, 2.24) is 14.8 Å². The van der Waals surface area contributed by atoms with Crippen LogP contribution in [-0.4, -0.2) is 37.2 Å². The van der Waals surface area contributed by atoms with E-state index in [2.05, 4.69) is 40.6 Å². The number of rotatable bonds is 4. The molecule has 24 heavy (non-hydrogen) atoms. The number of hydrogen-bond donors (Lipinski definition) is 0. The molecular weight excluding hydrogens is 335 g/mol. The Hall–Kier alpha value is -1.94. The summed E-state index contributed by atoms with van der Waals surface area (Å²) in [7, 11) is 0. The van der Waals surface area contributed by atoms with Crippen LogP contribution in [0.15, 0.2) is 36.5 Å². The average molecular weight is 352 g/mol. The normalized spacial score (nSPS) is 10.8. The summed E-state index contributed by atoms with van der Waals surface area (Å²) in [6, 6.07) is 10.2. The first kappa shape index (κ1) is 16.9. The molecule has 1 aromatic carbocycles. The topological polar surface area (TPSA) is 51.0 Å². The first-order valence-corrected chi connectivity index (χ1v) is 9.01. The first-order valence-electron chi connectivity index (χ1n) is 7.68. The van der Waals surface area contributed by atoms with E-state index in [1.807, 2.05) is 31.3 Å². The summed E-state index contributed by atoms with van der Waals surface area (Å²) in [6.45, 7) is 5.55. The minimum absolute atomic E-state index is 0.0592. The van der Waals surface area contributed by atoms with Crippen LogP contribution in [0.25, 0.3) is 16.9 Å². The van der Waals surface area contributed by atoms with Crippen molar-refractivity contribution in [3.63, 3.8) is 0 Å². The molecular formula is C17H17AlN4OS. The van der Waals surface area contributed by atoms with Crippen LogP contribution in [0.5, 0.6) is 0 Å². The highest BCUT2D eigenvalue weighted by Gasteiger charge is 2.19. The first-order chi connectivity index (χ1) is 11.5. The molecule has 0 unspecified atom stereocenters. The lowest BCUT2D eigenvalue weighted by molar-refractivity contribution is -0.115. The van der Waals surface area contributed by atoms with E-state index in [4.69, 9.17) is 5.10 Å². The predicted molar refractivity (Wildman–Crippen MR) is 97.7 cm³/mol. The molecule has 0 aliphatic heterocycles. The highest BCUT2D eigenvalue weighted by atomic mass is 32.1. The van der Waals surface area contributed by atoms with Gasteiger partial charge in [-0.1, -0.05) is 37.3 Å². The van der Waals surface area contributed by atoms with E-state index in [0.717, 1.165) is 33.3 Å². The number of benzene rings is 1. The van der Waals surface area contributed by atoms with E-state index >= 15 is 0 Å². The van der Waals surface area contributed by atoms with E-state index in [0.29, 0.717) is 5.82 Å². The number of thiazole rings is 1. The highest BCUT2D eigenvalue weighted by molar-refractivity contribution is 7.16. The molecule has 0 spiro atoms. The standard InChI is InChI=1S/C17H18N4OS.Al/c1-4-15-14(13-8-6-5-7-9-13)10-21(20-15)16-17(18-11(2)22)23-12(3)19-16;/h5-10H,4H2,1-3H3,(H,18,22);/q;+1/p-1. The summed E-state index contributed by atoms with van der Waals surface area (Å²) in [5.41, 5.74) is 3.23. The molecule has 0 saturated heterocycles. The predicted octanol–water partition coefficient (Wildman–Crippen LogP) is 3.30. The van der Waals surface area contributed by atoms with Crippen LogP contribution in [0.1, 0.15) is 24.5 Å². The number of carbonyl (C=O) groups is 1. The molecule has 7 heteroatoms. The molecule has 3 rings (SSSR count). The number of aromatic nitrogens is 3. The summed E-state index contributed by atoms with van der Waals surface area (Å²) < 4.78 is 3.31. The summed E-state index contributed by atoms with van der Waals surface area (Å²) in [6.07, 6.45) is 2.82. The Balaban J connectivity index is 2.12. The lowest BCUT2D eigenvalue weighted by Crippen LogP contribution is -2.25. The lowest BCUT2D eigenvalue weighted by atomic mass is 10.1. The molecule has 0 bridgehead atoms. The Morgan fingerprint density at radius 1 is 1.33 bits per heavy atom. The Morgan fingerprint density at radius 3 is 2.67 bits per heavy atom. The van der Waals surface area contributed by atoms with Gasteiger partial charge in [-0.15, -0.1) is 11.3 Å². The summed E-state index contributed by atoms with van der Waals surface area (Å²) in [5, 5.41) is 6.37. The van der Waals surface area contributed by atoms with Gasteiger partial charge < -0.3 is 3.88 Å². The van der Waals surface area contributed by atoms with Crippen molar-refractivity contribution in [3.05, 3.63) is 47.2 Å². The van der Waals surface area contributed by atoms with Crippen LogP contribution in [0.4, 0.5) is 5.00 Å². The molecule has 3 aromatic rings. The van der Waals surface area contributed by atoms with E-state index in [1.165, 1.54) is 22.1 Å². The maximum absolute atomic E-state index is 11.7. The third kappa shape index (κ3) is 3.16. The van der Waals surface area contributed by atoms with E-state index in [-0.39, 0.29) is 5.91 Å². The van der Waals surface area contributed by atoms with Gasteiger partial charge in [0.15, 0.2) is 11.7 Å². The van der Waals surface area contributed by atoms with Crippen LogP contribution < -0.4 is 3.88 Å². The second kappa shape index (κ2) is 6.90. The Bertz CT molecular complexity index is 872. The van der Waals surface area contributed by atoms with Gasteiger partial charge in [0, 0.05) is 18.7 Å². The highest BCUT2D eigenvalue weighted by Crippen LogP contribution is 2.32. The second-order valence-electron chi connectivity index (χ2n) is 5.40. The molecule has 2 radical (unpaired) electrons. The quantitative estimate of drug-likeness (QED) is 0.677. The molecule has 2 heterocycles. The fraction of sp³-hybridized carbons (Fsp3) is 0.235. The number of aryl methyl sites for hydroxylation is 2. The summed E-state index contributed by atoms with van der Waals surface area (Å²) in [4.78, 5) is 16.3. The van der Waals surface area contributed by atoms with Crippen LogP contribution in [-0.2, 0) is 11.2 Å². The maximum atomic E-state index is 11.7. The molecule has 1 amide bonds. The van der Waals surface area contributed by atoms with Gasteiger partial charge in [-0.05, 0) is 18.9 Å². The molecule has 0 fully saturated rings. The van der Waals surface area contributed by atoms with Crippen molar-refractivity contribution in [2.45, 2.75) is 27.2 Å². The van der Waals surface area contributed by atoms with Gasteiger partial charge in [-0.25, -0.2) is 9.67 Å². The van der Waals surface area contributed by atoms with E-state index in [1.54, 1.807) is 4.68 Å². The average Bonchev–Trinajstić information content (AvgIpc) is 3.18. The number of anilines is 1. The molecule has 5 nitrogen and oxygen atoms in total. The lowest BCUT2D eigenvalue weighted by Gasteiger charge is -2.16. The van der Waals surface area contributed by atoms with Crippen molar-refractivity contribution >= 4 is 38.8 Å². The Morgan fingerprint density at radius 2 is 2.04 bits per heavy atom. The van der Waals surface area contributed by atoms with Crippen LogP contribution in [0, 0.1) is 6.92 Å². The smallest absolute Gasteiger partial charge is 0.324 e. The zero-order chi connectivity index (χ0) is 17.3. The van der Waals surface area contributed by atoms with Crippen molar-refractivity contribution in [3.8, 4) is 16.9 Å². The van der Waals surface area contributed by atoms with Gasteiger partial charge in [-0.2, -0.15) is 5.10 Å². The molecule has 0 saturated carbocycles. The van der Waals surface area contributed by atoms with E-state index in [9.17, 15) is 4.79 Å². The Kier molecular flexibility index (Phi) is 4.86. The van der Waals surface area contributed by atoms with Crippen molar-refractivity contribution in [1.29, 1.82) is 0 Å². The Labute approximate surface area is 153 Å². The number of hydrogen-bond acceptors (Lipinski definition) is 4. The maximum Gasteiger partial charge on any atom is 0.324 e. The van der Waals surface area contributed by atoms with Crippen LogP contribution in [0.3, 0.4) is 0 Å². The molecule has 120 valence electrons. The minimum atomic E-state index is -0.0592. The number of amides is 1. The number of carbonyl (C=O) groups excluding carboxylic acids is 1. The van der Waals surface area contributed by atoms with E-state index < -0.39 is 0 Å². The summed E-state index contributed by atoms with van der Waals surface area (Å²) >= 11 is 3.93. The fourth-order valence-corrected chi connectivity index (χ4v) is 3.64. The SMILES string of the molecule is CCc1nn(-c2nc(C)sc2[N]([Al])C(C)=O)cc1-c1ccccc1. The zero-order valence-electron chi connectivity index (χ0n) is 13.9. The van der Waals surface area contributed by atoms with Gasteiger partial charge in [0.05, 0.1) is 10.7 Å².